The number of amides is 1. The van der Waals surface area contributed by atoms with Gasteiger partial charge in [-0.25, -0.2) is 0 Å². The van der Waals surface area contributed by atoms with Crippen LogP contribution >= 0.6 is 27.5 Å². The molecular formula is C14H15BrClNO3. The van der Waals surface area contributed by atoms with Gasteiger partial charge in [0, 0.05) is 22.5 Å². The summed E-state index contributed by atoms with van der Waals surface area (Å²) in [5.74, 6) is -1.47. The fourth-order valence-corrected chi connectivity index (χ4v) is 3.63. The quantitative estimate of drug-likeness (QED) is 0.897. The molecule has 0 saturated carbocycles. The van der Waals surface area contributed by atoms with Crippen LogP contribution in [0.5, 0.6) is 0 Å². The molecule has 2 atom stereocenters. The summed E-state index contributed by atoms with van der Waals surface area (Å²) in [4.78, 5) is 25.2. The Morgan fingerprint density at radius 2 is 2.25 bits per heavy atom. The number of nitrogens with zero attached hydrogens (tertiary/aromatic N) is 1. The zero-order chi connectivity index (χ0) is 14.9. The summed E-state index contributed by atoms with van der Waals surface area (Å²) in [6, 6.07) is 4.77. The zero-order valence-corrected chi connectivity index (χ0v) is 13.3. The number of carbonyl (C=O) groups excluding carboxylic acids is 1. The minimum absolute atomic E-state index is 0.00292. The lowest BCUT2D eigenvalue weighted by atomic mass is 9.84. The predicted molar refractivity (Wildman–Crippen MR) is 79.6 cm³/mol. The topological polar surface area (TPSA) is 57.6 Å². The van der Waals surface area contributed by atoms with Crippen molar-refractivity contribution in [2.75, 3.05) is 6.54 Å². The van der Waals surface area contributed by atoms with E-state index in [0.717, 1.165) is 10.0 Å². The smallest absolute Gasteiger partial charge is 0.308 e. The number of rotatable bonds is 3. The first-order valence-corrected chi connectivity index (χ1v) is 7.60. The van der Waals surface area contributed by atoms with Crippen LogP contribution in [0.1, 0.15) is 31.4 Å². The van der Waals surface area contributed by atoms with E-state index >= 15 is 0 Å². The third kappa shape index (κ3) is 2.83. The lowest BCUT2D eigenvalue weighted by Gasteiger charge is -2.39. The van der Waals surface area contributed by atoms with E-state index < -0.39 is 17.9 Å². The van der Waals surface area contributed by atoms with E-state index in [1.165, 1.54) is 0 Å². The lowest BCUT2D eigenvalue weighted by Crippen LogP contribution is -2.45. The van der Waals surface area contributed by atoms with E-state index in [1.807, 2.05) is 6.92 Å². The molecule has 2 unspecified atom stereocenters. The van der Waals surface area contributed by atoms with Crippen molar-refractivity contribution < 1.29 is 14.7 Å². The second-order valence-electron chi connectivity index (χ2n) is 4.77. The van der Waals surface area contributed by atoms with Crippen LogP contribution in [-0.2, 0) is 9.59 Å². The van der Waals surface area contributed by atoms with Crippen LogP contribution in [0.2, 0.25) is 5.02 Å². The average Bonchev–Trinajstić information content (AvgIpc) is 2.38. The fraction of sp³-hybridized carbons (Fsp3) is 0.429. The Balaban J connectivity index is 2.49. The molecule has 108 valence electrons. The first kappa shape index (κ1) is 15.3. The van der Waals surface area contributed by atoms with Crippen molar-refractivity contribution in [3.63, 3.8) is 0 Å². The molecular weight excluding hydrogens is 346 g/mol. The van der Waals surface area contributed by atoms with Crippen molar-refractivity contribution >= 4 is 39.4 Å². The molecule has 20 heavy (non-hydrogen) atoms. The summed E-state index contributed by atoms with van der Waals surface area (Å²) in [6.45, 7) is 2.35. The summed E-state index contributed by atoms with van der Waals surface area (Å²) in [5.41, 5.74) is 0.789. The van der Waals surface area contributed by atoms with E-state index in [-0.39, 0.29) is 12.3 Å². The highest BCUT2D eigenvalue weighted by Gasteiger charge is 2.40. The number of halogens is 2. The maximum absolute atomic E-state index is 12.0. The van der Waals surface area contributed by atoms with Crippen LogP contribution in [0.3, 0.4) is 0 Å². The van der Waals surface area contributed by atoms with Gasteiger partial charge >= 0.3 is 5.97 Å². The Bertz CT molecular complexity index is 547. The van der Waals surface area contributed by atoms with Gasteiger partial charge in [-0.2, -0.15) is 0 Å². The third-order valence-corrected chi connectivity index (χ3v) is 4.57. The van der Waals surface area contributed by atoms with Crippen molar-refractivity contribution in [1.82, 2.24) is 4.90 Å². The van der Waals surface area contributed by atoms with Gasteiger partial charge in [0.25, 0.3) is 0 Å². The SMILES string of the molecule is CCN1C(=O)CCC(C(=O)O)C1c1ccc(Cl)cc1Br. The van der Waals surface area contributed by atoms with Crippen LogP contribution < -0.4 is 0 Å². The predicted octanol–water partition coefficient (Wildman–Crippen LogP) is 3.49. The van der Waals surface area contributed by atoms with Crippen molar-refractivity contribution in [3.05, 3.63) is 33.3 Å². The van der Waals surface area contributed by atoms with E-state index in [4.69, 9.17) is 11.6 Å². The van der Waals surface area contributed by atoms with E-state index in [9.17, 15) is 14.7 Å². The number of likely N-dealkylation sites (tertiary alicyclic amines) is 1. The molecule has 1 aromatic carbocycles. The van der Waals surface area contributed by atoms with Gasteiger partial charge in [0.15, 0.2) is 0 Å². The third-order valence-electron chi connectivity index (χ3n) is 3.65. The largest absolute Gasteiger partial charge is 0.481 e. The standard InChI is InChI=1S/C14H15BrClNO3/c1-2-17-12(18)6-5-10(14(19)20)13(17)9-4-3-8(16)7-11(9)15/h3-4,7,10,13H,2,5-6H2,1H3,(H,19,20). The van der Waals surface area contributed by atoms with Crippen molar-refractivity contribution in [2.45, 2.75) is 25.8 Å². The van der Waals surface area contributed by atoms with Gasteiger partial charge < -0.3 is 10.0 Å². The summed E-state index contributed by atoms with van der Waals surface area (Å²) < 4.78 is 0.731. The minimum atomic E-state index is -0.872. The number of carbonyl (C=O) groups is 2. The Labute approximate surface area is 130 Å². The van der Waals surface area contributed by atoms with Gasteiger partial charge in [-0.05, 0) is 31.0 Å². The van der Waals surface area contributed by atoms with Crippen molar-refractivity contribution in [2.24, 2.45) is 5.92 Å². The van der Waals surface area contributed by atoms with Crippen LogP contribution in [0.25, 0.3) is 0 Å². The molecule has 1 aromatic rings. The van der Waals surface area contributed by atoms with Gasteiger partial charge in [0.2, 0.25) is 5.91 Å². The van der Waals surface area contributed by atoms with Gasteiger partial charge in [-0.15, -0.1) is 0 Å². The van der Waals surface area contributed by atoms with Gasteiger partial charge in [0.1, 0.15) is 0 Å². The molecule has 6 heteroatoms. The van der Waals surface area contributed by atoms with Crippen LogP contribution in [-0.4, -0.2) is 28.4 Å². The molecule has 0 spiro atoms. The molecule has 1 aliphatic rings. The number of carboxylic acids is 1. The summed E-state index contributed by atoms with van der Waals surface area (Å²) >= 11 is 9.35. The molecule has 2 rings (SSSR count). The molecule has 0 bridgehead atoms. The molecule has 1 N–H and O–H groups in total. The van der Waals surface area contributed by atoms with Gasteiger partial charge in [-0.3, -0.25) is 9.59 Å². The Morgan fingerprint density at radius 3 is 2.80 bits per heavy atom. The van der Waals surface area contributed by atoms with E-state index in [2.05, 4.69) is 15.9 Å². The number of hydrogen-bond acceptors (Lipinski definition) is 2. The Hall–Kier alpha value is -1.07. The zero-order valence-electron chi connectivity index (χ0n) is 11.0. The number of carboxylic acid groups (broad SMARTS) is 1. The Kier molecular flexibility index (Phi) is 4.70. The molecule has 1 heterocycles. The molecule has 1 amide bonds. The second kappa shape index (κ2) is 6.14. The summed E-state index contributed by atoms with van der Waals surface area (Å²) in [5, 5.41) is 10.0. The average molecular weight is 361 g/mol. The second-order valence-corrected chi connectivity index (χ2v) is 6.06. The van der Waals surface area contributed by atoms with Crippen molar-refractivity contribution in [3.8, 4) is 0 Å². The number of hydrogen-bond donors (Lipinski definition) is 1. The number of aliphatic carboxylic acids is 1. The molecule has 0 radical (unpaired) electrons. The molecule has 1 saturated heterocycles. The highest BCUT2D eigenvalue weighted by atomic mass is 79.9. The van der Waals surface area contributed by atoms with E-state index in [1.54, 1.807) is 23.1 Å². The van der Waals surface area contributed by atoms with Crippen LogP contribution in [0.4, 0.5) is 0 Å². The van der Waals surface area contributed by atoms with Gasteiger partial charge in [0.05, 0.1) is 12.0 Å². The number of benzene rings is 1. The molecule has 4 nitrogen and oxygen atoms in total. The monoisotopic (exact) mass is 359 g/mol. The van der Waals surface area contributed by atoms with Crippen molar-refractivity contribution in [1.29, 1.82) is 0 Å². The first-order valence-electron chi connectivity index (χ1n) is 6.43. The molecule has 0 aliphatic carbocycles. The van der Waals surface area contributed by atoms with Crippen LogP contribution in [0.15, 0.2) is 22.7 Å². The fourth-order valence-electron chi connectivity index (χ4n) is 2.71. The molecule has 0 aromatic heterocycles. The summed E-state index contributed by atoms with van der Waals surface area (Å²) in [7, 11) is 0. The Morgan fingerprint density at radius 1 is 1.55 bits per heavy atom. The maximum Gasteiger partial charge on any atom is 0.308 e. The summed E-state index contributed by atoms with van der Waals surface area (Å²) in [6.07, 6.45) is 0.650. The lowest BCUT2D eigenvalue weighted by molar-refractivity contribution is -0.151. The van der Waals surface area contributed by atoms with Gasteiger partial charge in [-0.1, -0.05) is 33.6 Å². The minimum Gasteiger partial charge on any atom is -0.481 e. The number of piperidine rings is 1. The van der Waals surface area contributed by atoms with Crippen LogP contribution in [0, 0.1) is 5.92 Å². The highest BCUT2D eigenvalue weighted by Crippen LogP contribution is 2.40. The highest BCUT2D eigenvalue weighted by molar-refractivity contribution is 9.10. The van der Waals surface area contributed by atoms with E-state index in [0.29, 0.717) is 18.0 Å². The first-order chi connectivity index (χ1) is 9.45. The maximum atomic E-state index is 12.0. The molecule has 1 aliphatic heterocycles. The normalized spacial score (nSPS) is 22.9. The molecule has 1 fully saturated rings.